The van der Waals surface area contributed by atoms with Crippen molar-refractivity contribution >= 4 is 5.91 Å². The molecular weight excluding hydrogens is 254 g/mol. The third kappa shape index (κ3) is 5.31. The van der Waals surface area contributed by atoms with Crippen LogP contribution in [0.25, 0.3) is 0 Å². The summed E-state index contributed by atoms with van der Waals surface area (Å²) in [6.45, 7) is 8.26. The van der Waals surface area contributed by atoms with Gasteiger partial charge in [-0.15, -0.1) is 0 Å². The van der Waals surface area contributed by atoms with Gasteiger partial charge in [0.1, 0.15) is 0 Å². The molecule has 4 heteroatoms. The standard InChI is InChI=1S/C16H25NO3/c1-12-5-7-13(8-6-12)14(20-10-9-18)11-17-15(19)16(2,3)4/h5-8,14,18H,9-11H2,1-4H3,(H,17,19). The molecule has 0 heterocycles. The molecule has 2 N–H and O–H groups in total. The van der Waals surface area contributed by atoms with Crippen molar-refractivity contribution in [2.24, 2.45) is 5.41 Å². The number of hydrogen-bond donors (Lipinski definition) is 2. The molecule has 1 unspecified atom stereocenters. The summed E-state index contributed by atoms with van der Waals surface area (Å²) >= 11 is 0. The number of amides is 1. The molecule has 0 bridgehead atoms. The zero-order valence-electron chi connectivity index (χ0n) is 12.8. The third-order valence-corrected chi connectivity index (χ3v) is 2.99. The van der Waals surface area contributed by atoms with Crippen LogP contribution in [0.15, 0.2) is 24.3 Å². The first-order valence-corrected chi connectivity index (χ1v) is 6.92. The molecule has 0 aliphatic heterocycles. The molecular formula is C16H25NO3. The van der Waals surface area contributed by atoms with E-state index in [0.29, 0.717) is 6.54 Å². The number of aryl methyl sites for hydroxylation is 1. The van der Waals surface area contributed by atoms with Crippen molar-refractivity contribution in [3.8, 4) is 0 Å². The van der Waals surface area contributed by atoms with Crippen LogP contribution in [0.3, 0.4) is 0 Å². The Balaban J connectivity index is 2.70. The Bertz CT molecular complexity index is 420. The summed E-state index contributed by atoms with van der Waals surface area (Å²) in [5.41, 5.74) is 1.75. The first-order chi connectivity index (χ1) is 9.34. The second kappa shape index (κ2) is 7.41. The quantitative estimate of drug-likeness (QED) is 0.839. The van der Waals surface area contributed by atoms with E-state index in [0.717, 1.165) is 5.56 Å². The van der Waals surface area contributed by atoms with E-state index < -0.39 is 5.41 Å². The lowest BCUT2D eigenvalue weighted by Crippen LogP contribution is -2.37. The van der Waals surface area contributed by atoms with E-state index >= 15 is 0 Å². The van der Waals surface area contributed by atoms with Gasteiger partial charge in [-0.2, -0.15) is 0 Å². The van der Waals surface area contributed by atoms with Crippen molar-refractivity contribution in [3.05, 3.63) is 35.4 Å². The van der Waals surface area contributed by atoms with Crippen LogP contribution in [0.4, 0.5) is 0 Å². The van der Waals surface area contributed by atoms with Crippen LogP contribution in [0.1, 0.15) is 38.0 Å². The Hall–Kier alpha value is -1.39. The molecule has 1 aromatic carbocycles. The largest absolute Gasteiger partial charge is 0.394 e. The third-order valence-electron chi connectivity index (χ3n) is 2.99. The van der Waals surface area contributed by atoms with Crippen molar-refractivity contribution in [2.75, 3.05) is 19.8 Å². The molecule has 0 aromatic heterocycles. The lowest BCUT2D eigenvalue weighted by molar-refractivity contribution is -0.129. The summed E-state index contributed by atoms with van der Waals surface area (Å²) in [6, 6.07) is 7.99. The molecule has 20 heavy (non-hydrogen) atoms. The fourth-order valence-corrected chi connectivity index (χ4v) is 1.70. The maximum Gasteiger partial charge on any atom is 0.225 e. The summed E-state index contributed by atoms with van der Waals surface area (Å²) < 4.78 is 5.62. The van der Waals surface area contributed by atoms with Gasteiger partial charge in [-0.3, -0.25) is 4.79 Å². The molecule has 0 saturated carbocycles. The Morgan fingerprint density at radius 2 is 1.90 bits per heavy atom. The van der Waals surface area contributed by atoms with E-state index in [4.69, 9.17) is 9.84 Å². The van der Waals surface area contributed by atoms with Gasteiger partial charge in [-0.25, -0.2) is 0 Å². The molecule has 0 aliphatic carbocycles. The van der Waals surface area contributed by atoms with Crippen molar-refractivity contribution in [1.29, 1.82) is 0 Å². The average molecular weight is 279 g/mol. The smallest absolute Gasteiger partial charge is 0.225 e. The Morgan fingerprint density at radius 3 is 2.40 bits per heavy atom. The molecule has 0 aliphatic rings. The number of hydrogen-bond acceptors (Lipinski definition) is 3. The van der Waals surface area contributed by atoms with Gasteiger partial charge in [0.05, 0.1) is 19.3 Å². The Morgan fingerprint density at radius 1 is 1.30 bits per heavy atom. The summed E-state index contributed by atoms with van der Waals surface area (Å²) in [4.78, 5) is 11.9. The molecule has 0 fully saturated rings. The summed E-state index contributed by atoms with van der Waals surface area (Å²) in [6.07, 6.45) is -0.242. The van der Waals surface area contributed by atoms with Crippen LogP contribution in [-0.2, 0) is 9.53 Å². The van der Waals surface area contributed by atoms with Gasteiger partial charge in [0.2, 0.25) is 5.91 Å². The van der Waals surface area contributed by atoms with E-state index in [-0.39, 0.29) is 25.2 Å². The lowest BCUT2D eigenvalue weighted by atomic mass is 9.95. The molecule has 1 aromatic rings. The van der Waals surface area contributed by atoms with E-state index in [9.17, 15) is 4.79 Å². The Kier molecular flexibility index (Phi) is 6.17. The van der Waals surface area contributed by atoms with Crippen LogP contribution in [0.2, 0.25) is 0 Å². The second-order valence-electron chi connectivity index (χ2n) is 5.95. The highest BCUT2D eigenvalue weighted by molar-refractivity contribution is 5.81. The van der Waals surface area contributed by atoms with Gasteiger partial charge in [-0.1, -0.05) is 50.6 Å². The van der Waals surface area contributed by atoms with Crippen molar-refractivity contribution in [3.63, 3.8) is 0 Å². The predicted octanol–water partition coefficient (Wildman–Crippen LogP) is 2.21. The van der Waals surface area contributed by atoms with E-state index in [1.54, 1.807) is 0 Å². The normalized spacial score (nSPS) is 13.1. The highest BCUT2D eigenvalue weighted by Crippen LogP contribution is 2.19. The molecule has 1 atom stereocenters. The van der Waals surface area contributed by atoms with Gasteiger partial charge >= 0.3 is 0 Å². The first kappa shape index (κ1) is 16.7. The number of benzene rings is 1. The minimum Gasteiger partial charge on any atom is -0.394 e. The van der Waals surface area contributed by atoms with Gasteiger partial charge in [0, 0.05) is 12.0 Å². The maximum atomic E-state index is 11.9. The van der Waals surface area contributed by atoms with Gasteiger partial charge in [0.25, 0.3) is 0 Å². The van der Waals surface area contributed by atoms with Gasteiger partial charge < -0.3 is 15.2 Å². The van der Waals surface area contributed by atoms with Crippen molar-refractivity contribution < 1.29 is 14.6 Å². The van der Waals surface area contributed by atoms with E-state index in [1.807, 2.05) is 52.0 Å². The fourth-order valence-electron chi connectivity index (χ4n) is 1.70. The topological polar surface area (TPSA) is 58.6 Å². The number of rotatable bonds is 6. The van der Waals surface area contributed by atoms with E-state index in [2.05, 4.69) is 5.32 Å². The zero-order valence-corrected chi connectivity index (χ0v) is 12.8. The summed E-state index contributed by atoms with van der Waals surface area (Å²) in [5, 5.41) is 11.8. The van der Waals surface area contributed by atoms with Crippen LogP contribution in [-0.4, -0.2) is 30.8 Å². The van der Waals surface area contributed by atoms with Crippen LogP contribution in [0, 0.1) is 12.3 Å². The Labute approximate surface area is 121 Å². The number of aliphatic hydroxyl groups is 1. The molecule has 112 valence electrons. The minimum absolute atomic E-state index is 0.0118. The molecule has 0 saturated heterocycles. The predicted molar refractivity (Wildman–Crippen MR) is 79.4 cm³/mol. The molecule has 1 rings (SSSR count). The molecule has 0 spiro atoms. The lowest BCUT2D eigenvalue weighted by Gasteiger charge is -2.22. The first-order valence-electron chi connectivity index (χ1n) is 6.92. The number of carbonyl (C=O) groups is 1. The SMILES string of the molecule is Cc1ccc(C(CNC(=O)C(C)(C)C)OCCO)cc1. The summed E-state index contributed by atoms with van der Waals surface area (Å²) in [5.74, 6) is -0.0118. The number of ether oxygens (including phenoxy) is 1. The minimum atomic E-state index is -0.422. The maximum absolute atomic E-state index is 11.9. The molecule has 0 radical (unpaired) electrons. The van der Waals surface area contributed by atoms with Crippen LogP contribution >= 0.6 is 0 Å². The van der Waals surface area contributed by atoms with Crippen LogP contribution < -0.4 is 5.32 Å². The van der Waals surface area contributed by atoms with Crippen LogP contribution in [0.5, 0.6) is 0 Å². The van der Waals surface area contributed by atoms with Gasteiger partial charge in [-0.05, 0) is 12.5 Å². The number of carbonyl (C=O) groups excluding carboxylic acids is 1. The number of aliphatic hydroxyl groups excluding tert-OH is 1. The van der Waals surface area contributed by atoms with Crippen molar-refractivity contribution in [1.82, 2.24) is 5.32 Å². The molecule has 4 nitrogen and oxygen atoms in total. The zero-order chi connectivity index (χ0) is 15.2. The van der Waals surface area contributed by atoms with Gasteiger partial charge in [0.15, 0.2) is 0 Å². The average Bonchev–Trinajstić information content (AvgIpc) is 2.39. The monoisotopic (exact) mass is 279 g/mol. The molecule has 1 amide bonds. The van der Waals surface area contributed by atoms with E-state index in [1.165, 1.54) is 5.56 Å². The highest BCUT2D eigenvalue weighted by Gasteiger charge is 2.22. The second-order valence-corrected chi connectivity index (χ2v) is 5.95. The van der Waals surface area contributed by atoms with Crippen molar-refractivity contribution in [2.45, 2.75) is 33.8 Å². The fraction of sp³-hybridized carbons (Fsp3) is 0.562. The highest BCUT2D eigenvalue weighted by atomic mass is 16.5. The summed E-state index contributed by atoms with van der Waals surface area (Å²) in [7, 11) is 0. The number of nitrogens with one attached hydrogen (secondary N) is 1.